The molecule has 2 saturated carbocycles. The molecule has 0 aromatic heterocycles. The van der Waals surface area contributed by atoms with Gasteiger partial charge in [-0.25, -0.2) is 0 Å². The zero-order chi connectivity index (χ0) is 13.0. The average molecular weight is 249 g/mol. The van der Waals surface area contributed by atoms with Crippen LogP contribution in [0, 0.1) is 11.3 Å². The van der Waals surface area contributed by atoms with Crippen molar-refractivity contribution in [3.63, 3.8) is 0 Å². The molecule has 1 N–H and O–H groups in total. The Hall–Kier alpha value is -0.590. The predicted molar refractivity (Wildman–Crippen MR) is 74.3 cm³/mol. The molecule has 0 aromatic carbocycles. The van der Waals surface area contributed by atoms with Gasteiger partial charge in [0.05, 0.1) is 6.07 Å². The average Bonchev–Trinajstić information content (AvgIpc) is 2.47. The van der Waals surface area contributed by atoms with Crippen molar-refractivity contribution >= 4 is 0 Å². The number of hydrogen-bond donors (Lipinski definition) is 1. The molecular formula is C15H27N3. The molecule has 0 heterocycles. The van der Waals surface area contributed by atoms with Gasteiger partial charge >= 0.3 is 0 Å². The van der Waals surface area contributed by atoms with Crippen LogP contribution in [-0.4, -0.2) is 36.6 Å². The van der Waals surface area contributed by atoms with E-state index in [0.29, 0.717) is 6.04 Å². The van der Waals surface area contributed by atoms with Gasteiger partial charge < -0.3 is 10.2 Å². The standard InChI is InChI=1S/C15H27N3/c1-17-15(12-16)10-8-14(9-11-15)18(2)13-6-4-3-5-7-13/h13-14,17H,3-11H2,1-2H3. The van der Waals surface area contributed by atoms with Crippen LogP contribution in [0.2, 0.25) is 0 Å². The molecule has 0 spiro atoms. The molecule has 0 unspecified atom stereocenters. The first-order valence-electron chi connectivity index (χ1n) is 7.53. The molecule has 18 heavy (non-hydrogen) atoms. The molecule has 0 radical (unpaired) electrons. The molecule has 0 atom stereocenters. The molecule has 102 valence electrons. The fourth-order valence-electron chi connectivity index (χ4n) is 3.71. The molecule has 2 aliphatic carbocycles. The molecule has 3 heteroatoms. The molecule has 3 nitrogen and oxygen atoms in total. The van der Waals surface area contributed by atoms with E-state index in [1.807, 2.05) is 7.05 Å². The van der Waals surface area contributed by atoms with Crippen LogP contribution in [0.1, 0.15) is 57.8 Å². The first kappa shape index (κ1) is 13.8. The molecular weight excluding hydrogens is 222 g/mol. The molecule has 0 bridgehead atoms. The number of rotatable bonds is 3. The normalized spacial score (nSPS) is 34.4. The van der Waals surface area contributed by atoms with Crippen LogP contribution in [0.4, 0.5) is 0 Å². The lowest BCUT2D eigenvalue weighted by Crippen LogP contribution is -2.50. The van der Waals surface area contributed by atoms with Crippen molar-refractivity contribution < 1.29 is 0 Å². The van der Waals surface area contributed by atoms with E-state index in [-0.39, 0.29) is 5.54 Å². The third-order valence-corrected chi connectivity index (χ3v) is 5.23. The summed E-state index contributed by atoms with van der Waals surface area (Å²) >= 11 is 0. The van der Waals surface area contributed by atoms with Crippen molar-refractivity contribution in [2.45, 2.75) is 75.4 Å². The van der Waals surface area contributed by atoms with Gasteiger partial charge in [0.25, 0.3) is 0 Å². The highest BCUT2D eigenvalue weighted by Crippen LogP contribution is 2.33. The van der Waals surface area contributed by atoms with Crippen LogP contribution in [-0.2, 0) is 0 Å². The second-order valence-corrected chi connectivity index (χ2v) is 6.13. The van der Waals surface area contributed by atoms with Crippen LogP contribution >= 0.6 is 0 Å². The summed E-state index contributed by atoms with van der Waals surface area (Å²) in [6.45, 7) is 0. The van der Waals surface area contributed by atoms with Gasteiger partial charge in [0.2, 0.25) is 0 Å². The van der Waals surface area contributed by atoms with E-state index >= 15 is 0 Å². The van der Waals surface area contributed by atoms with E-state index in [0.717, 1.165) is 18.9 Å². The lowest BCUT2D eigenvalue weighted by Gasteiger charge is -2.42. The second kappa shape index (κ2) is 6.04. The van der Waals surface area contributed by atoms with Gasteiger partial charge in [-0.3, -0.25) is 0 Å². The van der Waals surface area contributed by atoms with Crippen LogP contribution in [0.5, 0.6) is 0 Å². The Morgan fingerprint density at radius 2 is 1.61 bits per heavy atom. The Morgan fingerprint density at radius 1 is 1.06 bits per heavy atom. The van der Waals surface area contributed by atoms with Crippen LogP contribution in [0.3, 0.4) is 0 Å². The predicted octanol–water partition coefficient (Wildman–Crippen LogP) is 2.68. The third-order valence-electron chi connectivity index (χ3n) is 5.23. The van der Waals surface area contributed by atoms with Crippen molar-refractivity contribution in [2.75, 3.05) is 14.1 Å². The third kappa shape index (κ3) is 2.87. The van der Waals surface area contributed by atoms with Gasteiger partial charge in [-0.05, 0) is 52.6 Å². The van der Waals surface area contributed by atoms with Crippen molar-refractivity contribution in [3.8, 4) is 6.07 Å². The smallest absolute Gasteiger partial charge is 0.106 e. The summed E-state index contributed by atoms with van der Waals surface area (Å²) in [4.78, 5) is 2.62. The first-order chi connectivity index (χ1) is 8.71. The van der Waals surface area contributed by atoms with E-state index < -0.39 is 0 Å². The highest BCUT2D eigenvalue weighted by atomic mass is 15.2. The Labute approximate surface area is 112 Å². The van der Waals surface area contributed by atoms with Gasteiger partial charge in [-0.1, -0.05) is 19.3 Å². The van der Waals surface area contributed by atoms with Gasteiger partial charge in [-0.15, -0.1) is 0 Å². The molecule has 2 aliphatic rings. The van der Waals surface area contributed by atoms with E-state index in [1.54, 1.807) is 0 Å². The molecule has 0 amide bonds. The summed E-state index contributed by atoms with van der Waals surface area (Å²) < 4.78 is 0. The second-order valence-electron chi connectivity index (χ2n) is 6.13. The Kier molecular flexibility index (Phi) is 4.64. The molecule has 2 rings (SSSR count). The first-order valence-corrected chi connectivity index (χ1v) is 7.53. The minimum atomic E-state index is -0.246. The maximum absolute atomic E-state index is 9.29. The zero-order valence-corrected chi connectivity index (χ0v) is 11.9. The number of nitrogens with one attached hydrogen (secondary N) is 1. The Balaban J connectivity index is 1.87. The van der Waals surface area contributed by atoms with Crippen molar-refractivity contribution in [3.05, 3.63) is 0 Å². The van der Waals surface area contributed by atoms with Gasteiger partial charge in [0, 0.05) is 12.1 Å². The summed E-state index contributed by atoms with van der Waals surface area (Å²) in [6, 6.07) is 3.97. The molecule has 0 saturated heterocycles. The topological polar surface area (TPSA) is 39.1 Å². The van der Waals surface area contributed by atoms with E-state index in [4.69, 9.17) is 0 Å². The van der Waals surface area contributed by atoms with Crippen LogP contribution < -0.4 is 5.32 Å². The molecule has 2 fully saturated rings. The lowest BCUT2D eigenvalue weighted by atomic mass is 9.79. The maximum Gasteiger partial charge on any atom is 0.106 e. The zero-order valence-electron chi connectivity index (χ0n) is 11.9. The number of nitriles is 1. The SMILES string of the molecule is CNC1(C#N)CCC(N(C)C2CCCCC2)CC1. The summed E-state index contributed by atoms with van der Waals surface area (Å²) in [6.07, 6.45) is 11.3. The fourth-order valence-corrected chi connectivity index (χ4v) is 3.71. The summed E-state index contributed by atoms with van der Waals surface area (Å²) in [5, 5.41) is 12.5. The largest absolute Gasteiger partial charge is 0.302 e. The summed E-state index contributed by atoms with van der Waals surface area (Å²) in [5.74, 6) is 0. The highest BCUT2D eigenvalue weighted by molar-refractivity contribution is 5.09. The highest BCUT2D eigenvalue weighted by Gasteiger charge is 2.36. The minimum absolute atomic E-state index is 0.246. The molecule has 0 aromatic rings. The van der Waals surface area contributed by atoms with Gasteiger partial charge in [0.15, 0.2) is 0 Å². The fraction of sp³-hybridized carbons (Fsp3) is 0.933. The quantitative estimate of drug-likeness (QED) is 0.836. The number of nitrogens with zero attached hydrogens (tertiary/aromatic N) is 2. The number of hydrogen-bond acceptors (Lipinski definition) is 3. The maximum atomic E-state index is 9.29. The molecule has 0 aliphatic heterocycles. The summed E-state index contributed by atoms with van der Waals surface area (Å²) in [7, 11) is 4.23. The Bertz CT molecular complexity index is 293. The van der Waals surface area contributed by atoms with Gasteiger partial charge in [-0.2, -0.15) is 5.26 Å². The Morgan fingerprint density at radius 3 is 2.11 bits per heavy atom. The lowest BCUT2D eigenvalue weighted by molar-refractivity contribution is 0.0943. The van der Waals surface area contributed by atoms with E-state index in [9.17, 15) is 5.26 Å². The van der Waals surface area contributed by atoms with Crippen LogP contribution in [0.25, 0.3) is 0 Å². The van der Waals surface area contributed by atoms with Crippen molar-refractivity contribution in [1.82, 2.24) is 10.2 Å². The minimum Gasteiger partial charge on any atom is -0.302 e. The summed E-state index contributed by atoms with van der Waals surface area (Å²) in [5.41, 5.74) is -0.246. The van der Waals surface area contributed by atoms with Crippen molar-refractivity contribution in [2.24, 2.45) is 0 Å². The van der Waals surface area contributed by atoms with Gasteiger partial charge in [0.1, 0.15) is 5.54 Å². The van der Waals surface area contributed by atoms with Crippen molar-refractivity contribution in [1.29, 1.82) is 5.26 Å². The monoisotopic (exact) mass is 249 g/mol. The van der Waals surface area contributed by atoms with E-state index in [1.165, 1.54) is 44.9 Å². The van der Waals surface area contributed by atoms with Crippen LogP contribution in [0.15, 0.2) is 0 Å². The van der Waals surface area contributed by atoms with E-state index in [2.05, 4.69) is 23.3 Å².